The fourth-order valence-corrected chi connectivity index (χ4v) is 3.06. The second-order valence-corrected chi connectivity index (χ2v) is 6.54. The number of aromatic nitrogens is 1. The Morgan fingerprint density at radius 3 is 2.81 bits per heavy atom. The molecule has 0 spiro atoms. The monoisotopic (exact) mass is 347 g/mol. The minimum Gasteiger partial charge on any atom is -0.310 e. The summed E-state index contributed by atoms with van der Waals surface area (Å²) in [5.41, 5.74) is 0. The number of likely N-dealkylation sites (tertiary alicyclic amines) is 1. The molecular weight excluding hydrogens is 330 g/mol. The van der Waals surface area contributed by atoms with E-state index in [1.165, 1.54) is 0 Å². The molecule has 1 saturated heterocycles. The van der Waals surface area contributed by atoms with Crippen molar-refractivity contribution in [1.82, 2.24) is 9.88 Å². The largest absolute Gasteiger partial charge is 0.310 e. The zero-order valence-electron chi connectivity index (χ0n) is 12.0. The van der Waals surface area contributed by atoms with Gasteiger partial charge in [0.15, 0.2) is 0 Å². The Kier molecular flexibility index (Phi) is 4.22. The number of pyridine rings is 1. The standard InChI is InChI=1S/C16H18BrN3O/c1-20-6-4-11(5-7-20)16(21)19-15-9-13-8-14(17)3-2-12(13)10-18-15/h2-3,8-11H,4-7H2,1H3,(H,18,19,21). The average molecular weight is 348 g/mol. The normalized spacial score (nSPS) is 17.0. The van der Waals surface area contributed by atoms with Crippen LogP contribution in [0.25, 0.3) is 10.8 Å². The van der Waals surface area contributed by atoms with Crippen molar-refractivity contribution < 1.29 is 4.79 Å². The second kappa shape index (κ2) is 6.12. The summed E-state index contributed by atoms with van der Waals surface area (Å²) in [6.07, 6.45) is 3.63. The fraction of sp³-hybridized carbons (Fsp3) is 0.375. The van der Waals surface area contributed by atoms with Gasteiger partial charge in [-0.3, -0.25) is 4.79 Å². The number of nitrogens with one attached hydrogen (secondary N) is 1. The zero-order valence-corrected chi connectivity index (χ0v) is 13.6. The van der Waals surface area contributed by atoms with Gasteiger partial charge in [-0.25, -0.2) is 4.98 Å². The molecule has 0 unspecified atom stereocenters. The van der Waals surface area contributed by atoms with E-state index in [9.17, 15) is 4.79 Å². The Morgan fingerprint density at radius 1 is 1.29 bits per heavy atom. The van der Waals surface area contributed by atoms with Gasteiger partial charge in [0.05, 0.1) is 0 Å². The molecule has 21 heavy (non-hydrogen) atoms. The number of hydrogen-bond acceptors (Lipinski definition) is 3. The molecule has 4 nitrogen and oxygen atoms in total. The highest BCUT2D eigenvalue weighted by molar-refractivity contribution is 9.10. The number of hydrogen-bond donors (Lipinski definition) is 1. The molecule has 1 amide bonds. The predicted octanol–water partition coefficient (Wildman–Crippen LogP) is 3.28. The molecule has 1 aromatic carbocycles. The Balaban J connectivity index is 1.73. The van der Waals surface area contributed by atoms with Gasteiger partial charge in [-0.05, 0) is 56.6 Å². The van der Waals surface area contributed by atoms with E-state index in [1.54, 1.807) is 6.20 Å². The molecule has 5 heteroatoms. The first-order valence-electron chi connectivity index (χ1n) is 7.16. The first kappa shape index (κ1) is 14.5. The maximum Gasteiger partial charge on any atom is 0.228 e. The first-order valence-corrected chi connectivity index (χ1v) is 7.96. The van der Waals surface area contributed by atoms with Gasteiger partial charge < -0.3 is 10.2 Å². The van der Waals surface area contributed by atoms with Gasteiger partial charge in [-0.2, -0.15) is 0 Å². The van der Waals surface area contributed by atoms with Gasteiger partial charge in [-0.15, -0.1) is 0 Å². The highest BCUT2D eigenvalue weighted by atomic mass is 79.9. The van der Waals surface area contributed by atoms with E-state index in [0.717, 1.165) is 41.2 Å². The first-order chi connectivity index (χ1) is 10.1. The highest BCUT2D eigenvalue weighted by Gasteiger charge is 2.23. The average Bonchev–Trinajstić information content (AvgIpc) is 2.47. The third kappa shape index (κ3) is 3.41. The van der Waals surface area contributed by atoms with Crippen molar-refractivity contribution in [2.24, 2.45) is 5.92 Å². The number of halogens is 1. The van der Waals surface area contributed by atoms with Gasteiger partial charge in [0, 0.05) is 22.0 Å². The lowest BCUT2D eigenvalue weighted by molar-refractivity contribution is -0.121. The molecule has 2 aromatic rings. The summed E-state index contributed by atoms with van der Waals surface area (Å²) >= 11 is 3.46. The van der Waals surface area contributed by atoms with Crippen LogP contribution in [-0.2, 0) is 4.79 Å². The van der Waals surface area contributed by atoms with Gasteiger partial charge in [0.2, 0.25) is 5.91 Å². The van der Waals surface area contributed by atoms with Gasteiger partial charge >= 0.3 is 0 Å². The van der Waals surface area contributed by atoms with Crippen LogP contribution in [0.2, 0.25) is 0 Å². The third-order valence-corrected chi connectivity index (χ3v) is 4.52. The van der Waals surface area contributed by atoms with Gasteiger partial charge in [0.25, 0.3) is 0 Å². The summed E-state index contributed by atoms with van der Waals surface area (Å²) in [5.74, 6) is 0.815. The van der Waals surface area contributed by atoms with Gasteiger partial charge in [0.1, 0.15) is 5.82 Å². The minimum absolute atomic E-state index is 0.0879. The van der Waals surface area contributed by atoms with Crippen molar-refractivity contribution in [2.75, 3.05) is 25.5 Å². The van der Waals surface area contributed by atoms with Crippen LogP contribution in [0.4, 0.5) is 5.82 Å². The summed E-state index contributed by atoms with van der Waals surface area (Å²) < 4.78 is 1.02. The van der Waals surface area contributed by atoms with E-state index < -0.39 is 0 Å². The lowest BCUT2D eigenvalue weighted by Crippen LogP contribution is -2.36. The maximum absolute atomic E-state index is 12.3. The van der Waals surface area contributed by atoms with Crippen LogP contribution in [0.5, 0.6) is 0 Å². The molecule has 2 heterocycles. The Bertz CT molecular complexity index is 666. The van der Waals surface area contributed by atoms with Crippen LogP contribution >= 0.6 is 15.9 Å². The van der Waals surface area contributed by atoms with Crippen molar-refractivity contribution >= 4 is 38.4 Å². The number of rotatable bonds is 2. The summed E-state index contributed by atoms with van der Waals surface area (Å²) in [5, 5.41) is 5.09. The molecule has 3 rings (SSSR count). The molecule has 0 radical (unpaired) electrons. The molecule has 1 aromatic heterocycles. The molecule has 0 aliphatic carbocycles. The Morgan fingerprint density at radius 2 is 2.05 bits per heavy atom. The van der Waals surface area contributed by atoms with E-state index in [0.29, 0.717) is 5.82 Å². The third-order valence-electron chi connectivity index (χ3n) is 4.02. The van der Waals surface area contributed by atoms with E-state index in [-0.39, 0.29) is 11.8 Å². The molecule has 1 aliphatic heterocycles. The minimum atomic E-state index is 0.0879. The van der Waals surface area contributed by atoms with E-state index in [1.807, 2.05) is 24.3 Å². The predicted molar refractivity (Wildman–Crippen MR) is 88.3 cm³/mol. The van der Waals surface area contributed by atoms with Crippen LogP contribution < -0.4 is 5.32 Å². The number of nitrogens with zero attached hydrogens (tertiary/aromatic N) is 2. The second-order valence-electron chi connectivity index (χ2n) is 5.63. The summed E-state index contributed by atoms with van der Waals surface area (Å²) in [6.45, 7) is 1.96. The van der Waals surface area contributed by atoms with Crippen molar-refractivity contribution in [2.45, 2.75) is 12.8 Å². The van der Waals surface area contributed by atoms with Crippen LogP contribution in [0, 0.1) is 5.92 Å². The van der Waals surface area contributed by atoms with Crippen LogP contribution in [0.1, 0.15) is 12.8 Å². The lowest BCUT2D eigenvalue weighted by Gasteiger charge is -2.27. The SMILES string of the molecule is CN1CCC(C(=O)Nc2cc3cc(Br)ccc3cn2)CC1. The van der Waals surface area contributed by atoms with Crippen LogP contribution in [0.15, 0.2) is 34.9 Å². The highest BCUT2D eigenvalue weighted by Crippen LogP contribution is 2.22. The summed E-state index contributed by atoms with van der Waals surface area (Å²) in [6, 6.07) is 7.95. The number of benzene rings is 1. The number of amides is 1. The van der Waals surface area contributed by atoms with Gasteiger partial charge in [-0.1, -0.05) is 22.0 Å². The van der Waals surface area contributed by atoms with Crippen molar-refractivity contribution in [3.63, 3.8) is 0 Å². The van der Waals surface area contributed by atoms with Crippen molar-refractivity contribution in [3.8, 4) is 0 Å². The lowest BCUT2D eigenvalue weighted by atomic mass is 9.96. The smallest absolute Gasteiger partial charge is 0.228 e. The molecule has 1 aliphatic rings. The molecule has 1 fully saturated rings. The number of anilines is 1. The van der Waals surface area contributed by atoms with E-state index in [4.69, 9.17) is 0 Å². The summed E-state index contributed by atoms with van der Waals surface area (Å²) in [4.78, 5) is 18.9. The molecule has 110 valence electrons. The van der Waals surface area contributed by atoms with E-state index >= 15 is 0 Å². The quantitative estimate of drug-likeness (QED) is 0.906. The summed E-state index contributed by atoms with van der Waals surface area (Å²) in [7, 11) is 2.09. The topological polar surface area (TPSA) is 45.2 Å². The maximum atomic E-state index is 12.3. The van der Waals surface area contributed by atoms with Crippen molar-refractivity contribution in [3.05, 3.63) is 34.9 Å². The Labute approximate surface area is 132 Å². The fourth-order valence-electron chi connectivity index (χ4n) is 2.68. The molecule has 0 bridgehead atoms. The number of carbonyl (C=O) groups excluding carboxylic acids is 1. The van der Waals surface area contributed by atoms with Crippen molar-refractivity contribution in [1.29, 1.82) is 0 Å². The number of piperidine rings is 1. The zero-order chi connectivity index (χ0) is 14.8. The number of carbonyl (C=O) groups is 1. The molecular formula is C16H18BrN3O. The Hall–Kier alpha value is -1.46. The molecule has 0 saturated carbocycles. The molecule has 1 N–H and O–H groups in total. The van der Waals surface area contributed by atoms with Crippen LogP contribution in [0.3, 0.4) is 0 Å². The number of fused-ring (bicyclic) bond motifs is 1. The van der Waals surface area contributed by atoms with Crippen LogP contribution in [-0.4, -0.2) is 35.9 Å². The molecule has 0 atom stereocenters. The van der Waals surface area contributed by atoms with E-state index in [2.05, 4.69) is 38.2 Å².